The Morgan fingerprint density at radius 1 is 0.261 bits per heavy atom. The molecule has 0 aliphatic rings. The van der Waals surface area contributed by atoms with Crippen molar-refractivity contribution < 1.29 is 4.42 Å². The second-order valence-electron chi connectivity index (χ2n) is 17.5. The van der Waals surface area contributed by atoms with Crippen LogP contribution in [0.2, 0.25) is 0 Å². The minimum Gasteiger partial charge on any atom is -0.456 e. The third kappa shape index (κ3) is 7.32. The number of para-hydroxylation sites is 2. The van der Waals surface area contributed by atoms with Crippen LogP contribution in [0.3, 0.4) is 0 Å². The number of nitrogens with zero attached hydrogens (tertiary/aromatic N) is 3. The molecule has 0 N–H and O–H groups in total. The van der Waals surface area contributed by atoms with Crippen molar-refractivity contribution in [3.8, 4) is 89.7 Å². The van der Waals surface area contributed by atoms with Gasteiger partial charge in [-0.15, -0.1) is 0 Å². The fourth-order valence-electron chi connectivity index (χ4n) is 9.94. The average molecular weight is 880 g/mol. The molecule has 322 valence electrons. The Balaban J connectivity index is 0.927. The first-order valence-corrected chi connectivity index (χ1v) is 23.3. The van der Waals surface area contributed by atoms with Crippen molar-refractivity contribution in [3.63, 3.8) is 0 Å². The van der Waals surface area contributed by atoms with Crippen LogP contribution in [0.4, 0.5) is 0 Å². The summed E-state index contributed by atoms with van der Waals surface area (Å²) in [5, 5.41) is 5.53. The summed E-state index contributed by atoms with van der Waals surface area (Å²) in [6, 6.07) is 87.4. The van der Waals surface area contributed by atoms with Crippen LogP contribution in [0.1, 0.15) is 0 Å². The van der Waals surface area contributed by atoms with Crippen LogP contribution in [0.5, 0.6) is 0 Å². The zero-order chi connectivity index (χ0) is 45.7. The first-order valence-electron chi connectivity index (χ1n) is 23.3. The first-order chi connectivity index (χ1) is 34.2. The van der Waals surface area contributed by atoms with Crippen molar-refractivity contribution in [3.05, 3.63) is 249 Å². The number of hydrogen-bond acceptors (Lipinski definition) is 4. The van der Waals surface area contributed by atoms with E-state index in [1.54, 1.807) is 0 Å². The molecule has 13 aromatic rings. The topological polar surface area (TPSA) is 51.8 Å². The maximum absolute atomic E-state index is 6.64. The summed E-state index contributed by atoms with van der Waals surface area (Å²) in [6.07, 6.45) is 0. The van der Waals surface area contributed by atoms with Crippen LogP contribution in [0.25, 0.3) is 133 Å². The second-order valence-corrected chi connectivity index (χ2v) is 17.5. The normalized spacial score (nSPS) is 11.5. The Bertz CT molecular complexity index is 3950. The van der Waals surface area contributed by atoms with Crippen LogP contribution in [0, 0.1) is 0 Å². The molecule has 3 heterocycles. The van der Waals surface area contributed by atoms with Crippen LogP contribution in [-0.4, -0.2) is 15.0 Å². The lowest BCUT2D eigenvalue weighted by atomic mass is 9.89. The van der Waals surface area contributed by atoms with E-state index in [-0.39, 0.29) is 0 Å². The summed E-state index contributed by atoms with van der Waals surface area (Å²) < 4.78 is 6.64. The highest BCUT2D eigenvalue weighted by molar-refractivity contribution is 6.27. The predicted molar refractivity (Wildman–Crippen MR) is 286 cm³/mol. The van der Waals surface area contributed by atoms with Gasteiger partial charge in [-0.3, -0.25) is 0 Å². The third-order valence-corrected chi connectivity index (χ3v) is 13.3. The minimum absolute atomic E-state index is 0.663. The zero-order valence-electron chi connectivity index (χ0n) is 37.4. The van der Waals surface area contributed by atoms with E-state index in [1.165, 1.54) is 0 Å². The third-order valence-electron chi connectivity index (χ3n) is 13.3. The van der Waals surface area contributed by atoms with Gasteiger partial charge in [0.1, 0.15) is 11.2 Å². The molecule has 10 aromatic carbocycles. The lowest BCUT2D eigenvalue weighted by Gasteiger charge is -2.16. The lowest BCUT2D eigenvalue weighted by Crippen LogP contribution is -1.96. The summed E-state index contributed by atoms with van der Waals surface area (Å²) in [6.45, 7) is 0. The smallest absolute Gasteiger partial charge is 0.160 e. The van der Waals surface area contributed by atoms with E-state index in [1.807, 2.05) is 18.2 Å². The van der Waals surface area contributed by atoms with E-state index in [9.17, 15) is 0 Å². The minimum atomic E-state index is 0.663. The molecule has 0 aliphatic heterocycles. The second kappa shape index (κ2) is 16.9. The predicted octanol–water partition coefficient (Wildman–Crippen LogP) is 17.4. The molecular weight excluding hydrogens is 839 g/mol. The van der Waals surface area contributed by atoms with Crippen molar-refractivity contribution in [1.29, 1.82) is 0 Å². The van der Waals surface area contributed by atoms with Gasteiger partial charge < -0.3 is 4.42 Å². The number of benzene rings is 10. The molecule has 0 unspecified atom stereocenters. The molecule has 0 saturated heterocycles. The molecule has 13 rings (SSSR count). The summed E-state index contributed by atoms with van der Waals surface area (Å²) in [5.41, 5.74) is 18.4. The van der Waals surface area contributed by atoms with Crippen LogP contribution in [0.15, 0.2) is 253 Å². The summed E-state index contributed by atoms with van der Waals surface area (Å²) in [5.74, 6) is 0.663. The number of fused-ring (bicyclic) bond motifs is 6. The van der Waals surface area contributed by atoms with Crippen molar-refractivity contribution in [2.24, 2.45) is 0 Å². The van der Waals surface area contributed by atoms with Crippen molar-refractivity contribution in [2.75, 3.05) is 0 Å². The van der Waals surface area contributed by atoms with Gasteiger partial charge in [0, 0.05) is 54.7 Å². The Kier molecular flexibility index (Phi) is 9.80. The van der Waals surface area contributed by atoms with Gasteiger partial charge in [0.25, 0.3) is 0 Å². The highest BCUT2D eigenvalue weighted by Crippen LogP contribution is 2.46. The molecule has 69 heavy (non-hydrogen) atoms. The monoisotopic (exact) mass is 879 g/mol. The number of aromatic nitrogens is 3. The van der Waals surface area contributed by atoms with E-state index in [0.717, 1.165) is 127 Å². The number of hydrogen-bond donors (Lipinski definition) is 0. The van der Waals surface area contributed by atoms with Gasteiger partial charge in [0.05, 0.1) is 22.6 Å². The number of furan rings is 1. The lowest BCUT2D eigenvalue weighted by molar-refractivity contribution is 0.669. The Morgan fingerprint density at radius 3 is 1.35 bits per heavy atom. The van der Waals surface area contributed by atoms with Gasteiger partial charge in [-0.1, -0.05) is 206 Å². The first kappa shape index (κ1) is 40.1. The molecular formula is C65H41N3O. The molecule has 4 heteroatoms. The van der Waals surface area contributed by atoms with Gasteiger partial charge in [0.15, 0.2) is 5.82 Å². The molecule has 0 atom stereocenters. The maximum Gasteiger partial charge on any atom is 0.160 e. The van der Waals surface area contributed by atoms with Crippen LogP contribution in [-0.2, 0) is 0 Å². The Hall–Kier alpha value is -9.25. The van der Waals surface area contributed by atoms with E-state index in [4.69, 9.17) is 19.4 Å². The summed E-state index contributed by atoms with van der Waals surface area (Å²) >= 11 is 0. The number of pyridine rings is 1. The number of rotatable bonds is 8. The molecule has 0 saturated carbocycles. The summed E-state index contributed by atoms with van der Waals surface area (Å²) in [7, 11) is 0. The van der Waals surface area contributed by atoms with E-state index < -0.39 is 0 Å². The highest BCUT2D eigenvalue weighted by atomic mass is 16.3. The molecule has 0 amide bonds. The molecule has 3 aromatic heterocycles. The van der Waals surface area contributed by atoms with Crippen LogP contribution >= 0.6 is 0 Å². The van der Waals surface area contributed by atoms with Gasteiger partial charge in [-0.05, 0) is 81.4 Å². The Morgan fingerprint density at radius 2 is 0.725 bits per heavy atom. The SMILES string of the molecule is c1ccc(-c2cccc(-c3cc(-c4cccc(-c5ccccc5)c4)nc(-c4ccc(-c5cccc(-c6nc7ccccc7c7c(-c8ccccc8)c8c(cc67)oc6ccccc68)c5)cc4)n3)c2)cc1. The standard InChI is InChI=1S/C65H41N3O/c1-4-17-42(18-5-1)47-23-14-26-50(37-47)57-41-58(51-27-15-24-48(38-51)43-19-6-2-7-20-43)68-65(67-57)46-35-33-44(34-36-46)49-25-16-28-52(39-49)64-55-40-60-63(54-30-11-13-32-59(54)69-60)61(45-21-8-3-9-22-45)62(55)53-29-10-12-31-56(53)66-64/h1-41H. The van der Waals surface area contributed by atoms with Crippen LogP contribution < -0.4 is 0 Å². The molecule has 0 bridgehead atoms. The summed E-state index contributed by atoms with van der Waals surface area (Å²) in [4.78, 5) is 15.9. The molecule has 4 nitrogen and oxygen atoms in total. The molecule has 0 aliphatic carbocycles. The van der Waals surface area contributed by atoms with E-state index in [2.05, 4.69) is 231 Å². The zero-order valence-corrected chi connectivity index (χ0v) is 37.4. The van der Waals surface area contributed by atoms with Crippen molar-refractivity contribution in [2.45, 2.75) is 0 Å². The Labute approximate surface area is 399 Å². The molecule has 0 spiro atoms. The van der Waals surface area contributed by atoms with Crippen molar-refractivity contribution in [1.82, 2.24) is 15.0 Å². The molecule has 0 fully saturated rings. The highest BCUT2D eigenvalue weighted by Gasteiger charge is 2.22. The van der Waals surface area contributed by atoms with E-state index >= 15 is 0 Å². The van der Waals surface area contributed by atoms with Crippen molar-refractivity contribution >= 4 is 43.6 Å². The van der Waals surface area contributed by atoms with Gasteiger partial charge in [0.2, 0.25) is 0 Å². The quantitative estimate of drug-likeness (QED) is 0.143. The van der Waals surface area contributed by atoms with E-state index in [0.29, 0.717) is 5.82 Å². The fraction of sp³-hybridized carbons (Fsp3) is 0. The average Bonchev–Trinajstić information content (AvgIpc) is 3.81. The van der Waals surface area contributed by atoms with Gasteiger partial charge >= 0.3 is 0 Å². The van der Waals surface area contributed by atoms with Gasteiger partial charge in [-0.2, -0.15) is 0 Å². The fourth-order valence-corrected chi connectivity index (χ4v) is 9.94. The molecule has 0 radical (unpaired) electrons. The van der Waals surface area contributed by atoms with Gasteiger partial charge in [-0.25, -0.2) is 15.0 Å². The largest absolute Gasteiger partial charge is 0.456 e. The maximum atomic E-state index is 6.64.